The number of amides is 2. The van der Waals surface area contributed by atoms with E-state index in [-0.39, 0.29) is 36.2 Å². The molecule has 1 saturated carbocycles. The number of likely N-dealkylation sites (tertiary alicyclic amines) is 1. The quantitative estimate of drug-likeness (QED) is 0.567. The number of carbonyl (C=O) groups excluding carboxylic acids is 3. The van der Waals surface area contributed by atoms with Crippen molar-refractivity contribution in [1.29, 1.82) is 0 Å². The highest BCUT2D eigenvalue weighted by Crippen LogP contribution is 2.33. The summed E-state index contributed by atoms with van der Waals surface area (Å²) in [6, 6.07) is 6.40. The van der Waals surface area contributed by atoms with Gasteiger partial charge < -0.3 is 24.6 Å². The number of rotatable bonds is 8. The first kappa shape index (κ1) is 26.1. The van der Waals surface area contributed by atoms with Crippen molar-refractivity contribution in [1.82, 2.24) is 15.1 Å². The molecule has 5 rings (SSSR count). The number of fused-ring (bicyclic) bond motifs is 1. The molecule has 4 aliphatic rings. The van der Waals surface area contributed by atoms with Gasteiger partial charge in [0, 0.05) is 44.5 Å². The number of ether oxygens (including phenoxy) is 2. The summed E-state index contributed by atoms with van der Waals surface area (Å²) in [5, 5.41) is 3.05. The van der Waals surface area contributed by atoms with Gasteiger partial charge in [-0.1, -0.05) is 19.8 Å². The maximum absolute atomic E-state index is 13.8. The molecule has 0 radical (unpaired) electrons. The van der Waals surface area contributed by atoms with Gasteiger partial charge in [0.15, 0.2) is 5.78 Å². The number of piperazine rings is 1. The summed E-state index contributed by atoms with van der Waals surface area (Å²) in [5.74, 6) is -0.485. The Kier molecular flexibility index (Phi) is 8.12. The zero-order valence-electron chi connectivity index (χ0n) is 22.1. The second-order valence-corrected chi connectivity index (χ2v) is 10.8. The molecule has 3 heterocycles. The molecule has 0 aromatic heterocycles. The Morgan fingerprint density at radius 1 is 1.11 bits per heavy atom. The van der Waals surface area contributed by atoms with Gasteiger partial charge in [0.1, 0.15) is 30.9 Å². The van der Waals surface area contributed by atoms with Gasteiger partial charge >= 0.3 is 0 Å². The highest BCUT2D eigenvalue weighted by Gasteiger charge is 2.54. The van der Waals surface area contributed by atoms with E-state index in [1.54, 1.807) is 12.0 Å². The lowest BCUT2D eigenvalue weighted by atomic mass is 9.95. The van der Waals surface area contributed by atoms with E-state index in [0.29, 0.717) is 12.1 Å². The van der Waals surface area contributed by atoms with E-state index < -0.39 is 18.2 Å². The second kappa shape index (κ2) is 11.5. The van der Waals surface area contributed by atoms with Crippen LogP contribution in [0.5, 0.6) is 0 Å². The number of carbonyl (C=O) groups is 3. The van der Waals surface area contributed by atoms with Gasteiger partial charge in [-0.3, -0.25) is 19.3 Å². The van der Waals surface area contributed by atoms with Crippen LogP contribution < -0.4 is 10.2 Å². The lowest BCUT2D eigenvalue weighted by Crippen LogP contribution is -2.54. The topological polar surface area (TPSA) is 91.4 Å². The molecule has 3 aliphatic heterocycles. The summed E-state index contributed by atoms with van der Waals surface area (Å²) < 4.78 is 11.2. The predicted molar refractivity (Wildman–Crippen MR) is 140 cm³/mol. The Bertz CT molecular complexity index is 971. The standard InChI is InChI=1S/C28H40N4O5/c1-3-12-30-13-15-31(16-14-30)21-10-8-20(9-11-21)27(34)29-24(19-6-4-5-7-19)28(35)32-17-23(36-2)26-25(32)22(33)18-37-26/h8-11,19,23-26H,3-7,12-18H2,1-2H3,(H,29,34)/t23-,24-,25+,26+/m0/s1. The minimum Gasteiger partial charge on any atom is -0.377 e. The third kappa shape index (κ3) is 5.40. The first-order valence-corrected chi connectivity index (χ1v) is 13.9. The molecule has 2 amide bonds. The first-order chi connectivity index (χ1) is 18.0. The number of hydrogen-bond acceptors (Lipinski definition) is 7. The molecule has 3 saturated heterocycles. The monoisotopic (exact) mass is 512 g/mol. The van der Waals surface area contributed by atoms with Crippen LogP contribution >= 0.6 is 0 Å². The fourth-order valence-electron chi connectivity index (χ4n) is 6.49. The van der Waals surface area contributed by atoms with Gasteiger partial charge in [-0.2, -0.15) is 0 Å². The molecule has 37 heavy (non-hydrogen) atoms. The van der Waals surface area contributed by atoms with Crippen molar-refractivity contribution in [2.24, 2.45) is 5.92 Å². The number of methoxy groups -OCH3 is 1. The molecular formula is C28H40N4O5. The van der Waals surface area contributed by atoms with Crippen molar-refractivity contribution in [2.75, 3.05) is 57.9 Å². The minimum absolute atomic E-state index is 0.000566. The van der Waals surface area contributed by atoms with Gasteiger partial charge in [-0.05, 0) is 56.0 Å². The molecule has 0 spiro atoms. The van der Waals surface area contributed by atoms with Gasteiger partial charge in [-0.25, -0.2) is 0 Å². The third-order valence-electron chi connectivity index (χ3n) is 8.55. The van der Waals surface area contributed by atoms with Crippen LogP contribution in [0.3, 0.4) is 0 Å². The van der Waals surface area contributed by atoms with Crippen LogP contribution in [-0.2, 0) is 19.1 Å². The van der Waals surface area contributed by atoms with Crippen LogP contribution in [0.2, 0.25) is 0 Å². The van der Waals surface area contributed by atoms with E-state index >= 15 is 0 Å². The predicted octanol–water partition coefficient (Wildman–Crippen LogP) is 1.70. The van der Waals surface area contributed by atoms with E-state index in [4.69, 9.17) is 9.47 Å². The Morgan fingerprint density at radius 2 is 1.81 bits per heavy atom. The maximum Gasteiger partial charge on any atom is 0.251 e. The number of ketones is 1. The van der Waals surface area contributed by atoms with Gasteiger partial charge in [0.2, 0.25) is 5.91 Å². The van der Waals surface area contributed by atoms with Crippen LogP contribution in [0, 0.1) is 5.92 Å². The molecule has 9 nitrogen and oxygen atoms in total. The Labute approximate surface area is 219 Å². The number of Topliss-reactive ketones (excluding diaryl/α,β-unsaturated/α-hetero) is 1. The van der Waals surface area contributed by atoms with Crippen molar-refractivity contribution >= 4 is 23.3 Å². The Balaban J connectivity index is 1.27. The third-order valence-corrected chi connectivity index (χ3v) is 8.55. The van der Waals surface area contributed by atoms with Crippen LogP contribution in [0.4, 0.5) is 5.69 Å². The van der Waals surface area contributed by atoms with Crippen LogP contribution in [-0.4, -0.2) is 105 Å². The average molecular weight is 513 g/mol. The number of nitrogens with zero attached hydrogens (tertiary/aromatic N) is 3. The highest BCUT2D eigenvalue weighted by molar-refractivity contribution is 5.99. The first-order valence-electron chi connectivity index (χ1n) is 13.9. The fraction of sp³-hybridized carbons (Fsp3) is 0.679. The van der Waals surface area contributed by atoms with E-state index in [1.807, 2.05) is 24.3 Å². The molecule has 9 heteroatoms. The molecular weight excluding hydrogens is 472 g/mol. The van der Waals surface area contributed by atoms with Gasteiger partial charge in [0.05, 0.1) is 6.54 Å². The zero-order valence-corrected chi connectivity index (χ0v) is 22.1. The Morgan fingerprint density at radius 3 is 2.46 bits per heavy atom. The largest absolute Gasteiger partial charge is 0.377 e. The van der Waals surface area contributed by atoms with E-state index in [9.17, 15) is 14.4 Å². The summed E-state index contributed by atoms with van der Waals surface area (Å²) in [6.07, 6.45) is 4.26. The lowest BCUT2D eigenvalue weighted by Gasteiger charge is -2.36. The number of nitrogens with one attached hydrogen (secondary N) is 1. The molecule has 1 aliphatic carbocycles. The van der Waals surface area contributed by atoms with Crippen LogP contribution in [0.25, 0.3) is 0 Å². The summed E-state index contributed by atoms with van der Waals surface area (Å²) in [6.45, 7) is 7.71. The molecule has 1 aromatic rings. The molecule has 0 unspecified atom stereocenters. The summed E-state index contributed by atoms with van der Waals surface area (Å²) in [5.41, 5.74) is 1.66. The molecule has 4 fully saturated rings. The van der Waals surface area contributed by atoms with Crippen LogP contribution in [0.15, 0.2) is 24.3 Å². The van der Waals surface area contributed by atoms with E-state index in [1.165, 1.54) is 6.42 Å². The fourth-order valence-corrected chi connectivity index (χ4v) is 6.49. The van der Waals surface area contributed by atoms with Gasteiger partial charge in [0.25, 0.3) is 5.91 Å². The van der Waals surface area contributed by atoms with Crippen molar-refractivity contribution in [2.45, 2.75) is 63.3 Å². The lowest BCUT2D eigenvalue weighted by molar-refractivity contribution is -0.139. The highest BCUT2D eigenvalue weighted by atomic mass is 16.5. The zero-order chi connectivity index (χ0) is 25.9. The smallest absolute Gasteiger partial charge is 0.251 e. The molecule has 202 valence electrons. The SMILES string of the molecule is CCCN1CCN(c2ccc(C(=O)N[C@H](C(=O)N3C[C@H](OC)[C@H]4OCC(=O)[C@H]43)C3CCCC3)cc2)CC1. The second-order valence-electron chi connectivity index (χ2n) is 10.8. The van der Waals surface area contributed by atoms with E-state index in [0.717, 1.165) is 64.1 Å². The van der Waals surface area contributed by atoms with Crippen molar-refractivity contribution in [3.63, 3.8) is 0 Å². The van der Waals surface area contributed by atoms with Crippen molar-refractivity contribution in [3.8, 4) is 0 Å². The van der Waals surface area contributed by atoms with Gasteiger partial charge in [-0.15, -0.1) is 0 Å². The molecule has 1 aromatic carbocycles. The maximum atomic E-state index is 13.8. The molecule has 1 N–H and O–H groups in total. The van der Waals surface area contributed by atoms with Crippen LogP contribution in [0.1, 0.15) is 49.4 Å². The van der Waals surface area contributed by atoms with Crippen molar-refractivity contribution < 1.29 is 23.9 Å². The summed E-state index contributed by atoms with van der Waals surface area (Å²) >= 11 is 0. The number of hydrogen-bond donors (Lipinski definition) is 1. The normalized spacial score (nSPS) is 27.5. The number of benzene rings is 1. The minimum atomic E-state index is -0.661. The van der Waals surface area contributed by atoms with E-state index in [2.05, 4.69) is 22.0 Å². The number of anilines is 1. The summed E-state index contributed by atoms with van der Waals surface area (Å²) in [4.78, 5) is 46.2. The van der Waals surface area contributed by atoms with Crippen molar-refractivity contribution in [3.05, 3.63) is 29.8 Å². The summed E-state index contributed by atoms with van der Waals surface area (Å²) in [7, 11) is 1.58. The molecule has 4 atom stereocenters. The Hall–Kier alpha value is -2.49. The average Bonchev–Trinajstić information content (AvgIpc) is 3.67. The molecule has 0 bridgehead atoms.